The molecule has 0 unspecified atom stereocenters. The molecule has 0 fully saturated rings. The van der Waals surface area contributed by atoms with Crippen LogP contribution in [0.2, 0.25) is 0 Å². The van der Waals surface area contributed by atoms with E-state index in [4.69, 9.17) is 10.5 Å². The van der Waals surface area contributed by atoms with Crippen LogP contribution in [-0.2, 0) is 26.2 Å². The fourth-order valence-electron chi connectivity index (χ4n) is 2.35. The van der Waals surface area contributed by atoms with Gasteiger partial charge in [0.25, 0.3) is 0 Å². The first-order chi connectivity index (χ1) is 10.8. The van der Waals surface area contributed by atoms with Crippen LogP contribution < -0.4 is 5.73 Å². The third-order valence-corrected chi connectivity index (χ3v) is 3.65. The topological polar surface area (TPSA) is 89.6 Å². The van der Waals surface area contributed by atoms with Crippen molar-refractivity contribution in [2.75, 3.05) is 0 Å². The summed E-state index contributed by atoms with van der Waals surface area (Å²) in [5.74, 6) is -3.44. The van der Waals surface area contributed by atoms with E-state index in [0.29, 0.717) is 6.42 Å². The maximum absolute atomic E-state index is 12.1. The van der Waals surface area contributed by atoms with E-state index in [2.05, 4.69) is 20.8 Å². The first kappa shape index (κ1) is 20.2. The lowest BCUT2D eigenvalue weighted by Crippen LogP contribution is -2.45. The van der Waals surface area contributed by atoms with Crippen LogP contribution in [0.5, 0.6) is 0 Å². The highest BCUT2D eigenvalue weighted by Crippen LogP contribution is 2.23. The van der Waals surface area contributed by atoms with Crippen molar-refractivity contribution in [3.05, 3.63) is 35.4 Å². The van der Waals surface area contributed by atoms with Crippen molar-refractivity contribution < 1.29 is 19.4 Å². The van der Waals surface area contributed by atoms with E-state index in [9.17, 15) is 14.7 Å². The number of rotatable bonds is 5. The molecule has 1 aromatic rings. The summed E-state index contributed by atoms with van der Waals surface area (Å²) in [6.45, 7) is 11.5. The molecule has 1 aromatic carbocycles. The van der Waals surface area contributed by atoms with Crippen LogP contribution in [-0.4, -0.2) is 28.7 Å². The summed E-state index contributed by atoms with van der Waals surface area (Å²) in [6.07, 6.45) is 0.292. The number of carboxylic acids is 1. The van der Waals surface area contributed by atoms with Gasteiger partial charge in [-0.1, -0.05) is 45.0 Å². The maximum Gasteiger partial charge on any atom is 0.322 e. The largest absolute Gasteiger partial charge is 0.481 e. The number of ether oxygens (including phenoxy) is 1. The molecule has 5 heteroatoms. The molecule has 0 saturated heterocycles. The van der Waals surface area contributed by atoms with E-state index >= 15 is 0 Å². The fourth-order valence-corrected chi connectivity index (χ4v) is 2.35. The summed E-state index contributed by atoms with van der Waals surface area (Å²) in [5, 5.41) is 9.36. The van der Waals surface area contributed by atoms with Crippen molar-refractivity contribution in [1.29, 1.82) is 0 Å². The smallest absolute Gasteiger partial charge is 0.322 e. The summed E-state index contributed by atoms with van der Waals surface area (Å²) in [5.41, 5.74) is 7.38. The number of carbonyl (C=O) groups is 2. The van der Waals surface area contributed by atoms with Gasteiger partial charge in [-0.05, 0) is 43.7 Å². The highest BCUT2D eigenvalue weighted by atomic mass is 16.6. The van der Waals surface area contributed by atoms with E-state index < -0.39 is 29.5 Å². The van der Waals surface area contributed by atoms with E-state index in [0.717, 1.165) is 5.56 Å². The molecule has 24 heavy (non-hydrogen) atoms. The molecule has 0 aliphatic heterocycles. The monoisotopic (exact) mass is 335 g/mol. The molecule has 1 rings (SSSR count). The van der Waals surface area contributed by atoms with Crippen molar-refractivity contribution in [1.82, 2.24) is 0 Å². The molecule has 0 saturated carbocycles. The minimum absolute atomic E-state index is 0.0424. The van der Waals surface area contributed by atoms with E-state index in [-0.39, 0.29) is 5.41 Å². The second-order valence-electron chi connectivity index (χ2n) is 8.16. The minimum atomic E-state index is -1.38. The maximum atomic E-state index is 12.1. The summed E-state index contributed by atoms with van der Waals surface area (Å²) < 4.78 is 5.18. The quantitative estimate of drug-likeness (QED) is 0.638. The van der Waals surface area contributed by atoms with E-state index in [1.165, 1.54) is 5.56 Å². The summed E-state index contributed by atoms with van der Waals surface area (Å²) in [6, 6.07) is 7.01. The molecule has 5 nitrogen and oxygen atoms in total. The Morgan fingerprint density at radius 1 is 1.08 bits per heavy atom. The Hall–Kier alpha value is -1.88. The Balaban J connectivity index is 2.88. The summed E-state index contributed by atoms with van der Waals surface area (Å²) in [7, 11) is 0. The van der Waals surface area contributed by atoms with Crippen molar-refractivity contribution >= 4 is 11.9 Å². The van der Waals surface area contributed by atoms with Gasteiger partial charge >= 0.3 is 11.9 Å². The van der Waals surface area contributed by atoms with Crippen LogP contribution in [0.1, 0.15) is 52.7 Å². The third kappa shape index (κ3) is 5.96. The van der Waals surface area contributed by atoms with Gasteiger partial charge in [0, 0.05) is 6.04 Å². The standard InChI is InChI=1S/C19H29NO4/c1-18(2,3)13-9-7-12(8-10-13)11-14(20)15(16(21)22)17(23)24-19(4,5)6/h7-10,14-15H,11,20H2,1-6H3,(H,21,22)/t14-,15+/m1/s1. The molecule has 0 radical (unpaired) electrons. The predicted octanol–water partition coefficient (Wildman–Crippen LogP) is 2.90. The average Bonchev–Trinajstić information content (AvgIpc) is 2.35. The molecule has 134 valence electrons. The molecule has 0 aliphatic rings. The molecule has 0 bridgehead atoms. The number of hydrogen-bond donors (Lipinski definition) is 2. The zero-order valence-electron chi connectivity index (χ0n) is 15.4. The lowest BCUT2D eigenvalue weighted by atomic mass is 9.86. The summed E-state index contributed by atoms with van der Waals surface area (Å²) in [4.78, 5) is 23.6. The van der Waals surface area contributed by atoms with Gasteiger partial charge in [-0.2, -0.15) is 0 Å². The predicted molar refractivity (Wildman–Crippen MR) is 93.8 cm³/mol. The van der Waals surface area contributed by atoms with Crippen molar-refractivity contribution in [2.24, 2.45) is 11.7 Å². The Morgan fingerprint density at radius 2 is 1.58 bits per heavy atom. The summed E-state index contributed by atoms with van der Waals surface area (Å²) >= 11 is 0. The molecular weight excluding hydrogens is 306 g/mol. The van der Waals surface area contributed by atoms with Gasteiger partial charge in [-0.25, -0.2) is 0 Å². The number of carboxylic acid groups (broad SMARTS) is 1. The lowest BCUT2D eigenvalue weighted by molar-refractivity contribution is -0.167. The molecule has 0 spiro atoms. The van der Waals surface area contributed by atoms with Crippen LogP contribution >= 0.6 is 0 Å². The number of aliphatic carboxylic acids is 1. The second kappa shape index (κ2) is 7.34. The van der Waals surface area contributed by atoms with Crippen LogP contribution in [0.4, 0.5) is 0 Å². The molecule has 0 aliphatic carbocycles. The van der Waals surface area contributed by atoms with Crippen LogP contribution in [0.3, 0.4) is 0 Å². The van der Waals surface area contributed by atoms with Gasteiger partial charge in [0.2, 0.25) is 0 Å². The molecule has 3 N–H and O–H groups in total. The van der Waals surface area contributed by atoms with Crippen molar-refractivity contribution in [3.63, 3.8) is 0 Å². The van der Waals surface area contributed by atoms with Gasteiger partial charge in [-0.15, -0.1) is 0 Å². The molecule has 0 aromatic heterocycles. The number of benzene rings is 1. The fraction of sp³-hybridized carbons (Fsp3) is 0.579. The van der Waals surface area contributed by atoms with Gasteiger partial charge in [0.15, 0.2) is 5.92 Å². The lowest BCUT2D eigenvalue weighted by Gasteiger charge is -2.25. The molecular formula is C19H29NO4. The van der Waals surface area contributed by atoms with Gasteiger partial charge in [0.1, 0.15) is 5.60 Å². The first-order valence-corrected chi connectivity index (χ1v) is 8.12. The SMILES string of the molecule is CC(C)(C)OC(=O)[C@H](C(=O)O)[C@H](N)Cc1ccc(C(C)(C)C)cc1. The average molecular weight is 335 g/mol. The molecule has 2 atom stereocenters. The van der Waals surface area contributed by atoms with Gasteiger partial charge < -0.3 is 15.6 Å². The Morgan fingerprint density at radius 3 is 1.96 bits per heavy atom. The number of esters is 1. The van der Waals surface area contributed by atoms with Crippen molar-refractivity contribution in [2.45, 2.75) is 65.0 Å². The second-order valence-corrected chi connectivity index (χ2v) is 8.16. The zero-order chi connectivity index (χ0) is 18.7. The van der Waals surface area contributed by atoms with Gasteiger partial charge in [-0.3, -0.25) is 9.59 Å². The van der Waals surface area contributed by atoms with Crippen LogP contribution in [0.25, 0.3) is 0 Å². The number of nitrogens with two attached hydrogens (primary N) is 1. The van der Waals surface area contributed by atoms with E-state index in [1.807, 2.05) is 24.3 Å². The number of hydrogen-bond acceptors (Lipinski definition) is 4. The van der Waals surface area contributed by atoms with Crippen LogP contribution in [0, 0.1) is 5.92 Å². The normalized spacial score (nSPS) is 14.8. The Labute approximate surface area is 144 Å². The first-order valence-electron chi connectivity index (χ1n) is 8.12. The molecule has 0 heterocycles. The zero-order valence-corrected chi connectivity index (χ0v) is 15.4. The minimum Gasteiger partial charge on any atom is -0.481 e. The third-order valence-electron chi connectivity index (χ3n) is 3.65. The highest BCUT2D eigenvalue weighted by molar-refractivity contribution is 5.95. The van der Waals surface area contributed by atoms with Crippen molar-refractivity contribution in [3.8, 4) is 0 Å². The Bertz CT molecular complexity index is 579. The van der Waals surface area contributed by atoms with Gasteiger partial charge in [0.05, 0.1) is 0 Å². The van der Waals surface area contributed by atoms with Crippen LogP contribution in [0.15, 0.2) is 24.3 Å². The highest BCUT2D eigenvalue weighted by Gasteiger charge is 2.36. The van der Waals surface area contributed by atoms with E-state index in [1.54, 1.807) is 20.8 Å². The number of carbonyl (C=O) groups excluding carboxylic acids is 1. The molecule has 0 amide bonds. The Kier molecular flexibility index (Phi) is 6.17.